The molecule has 0 aromatic heterocycles. The highest BCUT2D eigenvalue weighted by Crippen LogP contribution is 2.25. The second-order valence-corrected chi connectivity index (χ2v) is 6.50. The molecule has 4 N–H and O–H groups in total. The Kier molecular flexibility index (Phi) is 7.14. The zero-order valence-electron chi connectivity index (χ0n) is 16.0. The van der Waals surface area contributed by atoms with Crippen LogP contribution in [0.5, 0.6) is 0 Å². The summed E-state index contributed by atoms with van der Waals surface area (Å²) >= 11 is 0. The summed E-state index contributed by atoms with van der Waals surface area (Å²) in [4.78, 5) is 35.8. The van der Waals surface area contributed by atoms with Gasteiger partial charge in [0.05, 0.1) is 5.41 Å². The monoisotopic (exact) mass is 383 g/mol. The SMILES string of the molecule is CCC(CC)(CNC(=O)c1ccc(NC(=O)Nc2ccccc2)cc1)C(=O)O. The molecule has 0 fully saturated rings. The van der Waals surface area contributed by atoms with E-state index in [-0.39, 0.29) is 18.5 Å². The number of rotatable bonds is 8. The van der Waals surface area contributed by atoms with Crippen LogP contribution in [0, 0.1) is 5.41 Å². The van der Waals surface area contributed by atoms with E-state index in [0.717, 1.165) is 0 Å². The van der Waals surface area contributed by atoms with E-state index in [9.17, 15) is 19.5 Å². The Morgan fingerprint density at radius 2 is 1.39 bits per heavy atom. The first-order valence-corrected chi connectivity index (χ1v) is 9.15. The van der Waals surface area contributed by atoms with Crippen LogP contribution in [0.2, 0.25) is 0 Å². The van der Waals surface area contributed by atoms with Crippen molar-refractivity contribution in [2.24, 2.45) is 5.41 Å². The first-order chi connectivity index (χ1) is 13.4. The number of benzene rings is 2. The Morgan fingerprint density at radius 1 is 0.857 bits per heavy atom. The van der Waals surface area contributed by atoms with E-state index < -0.39 is 11.4 Å². The summed E-state index contributed by atoms with van der Waals surface area (Å²) in [6.07, 6.45) is 0.858. The van der Waals surface area contributed by atoms with Crippen molar-refractivity contribution in [2.45, 2.75) is 26.7 Å². The van der Waals surface area contributed by atoms with E-state index >= 15 is 0 Å². The van der Waals surface area contributed by atoms with Crippen LogP contribution in [-0.4, -0.2) is 29.6 Å². The van der Waals surface area contributed by atoms with Gasteiger partial charge in [0.2, 0.25) is 0 Å². The highest BCUT2D eigenvalue weighted by atomic mass is 16.4. The van der Waals surface area contributed by atoms with Crippen molar-refractivity contribution in [3.63, 3.8) is 0 Å². The highest BCUT2D eigenvalue weighted by molar-refractivity contribution is 6.00. The number of carbonyl (C=O) groups excluding carboxylic acids is 2. The summed E-state index contributed by atoms with van der Waals surface area (Å²) in [7, 11) is 0. The van der Waals surface area contributed by atoms with Gasteiger partial charge in [-0.1, -0.05) is 32.0 Å². The van der Waals surface area contributed by atoms with Gasteiger partial charge in [0.15, 0.2) is 0 Å². The molecule has 0 atom stereocenters. The lowest BCUT2D eigenvalue weighted by atomic mass is 9.82. The van der Waals surface area contributed by atoms with Gasteiger partial charge in [0.1, 0.15) is 0 Å². The number of urea groups is 1. The Labute approximate surface area is 164 Å². The van der Waals surface area contributed by atoms with Crippen molar-refractivity contribution < 1.29 is 19.5 Å². The minimum Gasteiger partial charge on any atom is -0.481 e. The third kappa shape index (κ3) is 5.33. The number of aliphatic carboxylic acids is 1. The Morgan fingerprint density at radius 3 is 1.89 bits per heavy atom. The maximum atomic E-state index is 12.3. The van der Waals surface area contributed by atoms with Gasteiger partial charge in [0.25, 0.3) is 5.91 Å². The van der Waals surface area contributed by atoms with Crippen LogP contribution >= 0.6 is 0 Å². The van der Waals surface area contributed by atoms with E-state index in [1.54, 1.807) is 50.2 Å². The number of anilines is 2. The molecule has 2 rings (SSSR count). The van der Waals surface area contributed by atoms with E-state index in [0.29, 0.717) is 29.8 Å². The summed E-state index contributed by atoms with van der Waals surface area (Å²) in [6.45, 7) is 3.66. The molecule has 0 saturated carbocycles. The second-order valence-electron chi connectivity index (χ2n) is 6.50. The zero-order valence-corrected chi connectivity index (χ0v) is 16.0. The molecule has 0 aliphatic carbocycles. The van der Waals surface area contributed by atoms with Crippen LogP contribution in [-0.2, 0) is 4.79 Å². The average Bonchev–Trinajstić information content (AvgIpc) is 2.70. The number of hydrogen-bond acceptors (Lipinski definition) is 3. The molecule has 2 aromatic carbocycles. The fourth-order valence-corrected chi connectivity index (χ4v) is 2.75. The molecular weight excluding hydrogens is 358 g/mol. The topological polar surface area (TPSA) is 108 Å². The maximum Gasteiger partial charge on any atom is 0.323 e. The van der Waals surface area contributed by atoms with Gasteiger partial charge in [-0.2, -0.15) is 0 Å². The van der Waals surface area contributed by atoms with Crippen LogP contribution in [0.4, 0.5) is 16.2 Å². The van der Waals surface area contributed by atoms with Gasteiger partial charge in [-0.25, -0.2) is 4.79 Å². The van der Waals surface area contributed by atoms with Gasteiger partial charge in [0, 0.05) is 23.5 Å². The standard InChI is InChI=1S/C21H25N3O4/c1-3-21(4-2,19(26)27)14-22-18(25)15-10-12-17(13-11-15)24-20(28)23-16-8-6-5-7-9-16/h5-13H,3-4,14H2,1-2H3,(H,22,25)(H,26,27)(H2,23,24,28). The molecule has 0 aliphatic rings. The van der Waals surface area contributed by atoms with Crippen LogP contribution in [0.25, 0.3) is 0 Å². The molecule has 0 spiro atoms. The number of carbonyl (C=O) groups is 3. The Hall–Kier alpha value is -3.35. The number of amides is 3. The zero-order chi connectivity index (χ0) is 20.6. The Balaban J connectivity index is 1.93. The molecular formula is C21H25N3O4. The number of hydrogen-bond donors (Lipinski definition) is 4. The van der Waals surface area contributed by atoms with Crippen LogP contribution in [0.15, 0.2) is 54.6 Å². The largest absolute Gasteiger partial charge is 0.481 e. The number of carboxylic acids is 1. The van der Waals surface area contributed by atoms with Crippen LogP contribution in [0.3, 0.4) is 0 Å². The fourth-order valence-electron chi connectivity index (χ4n) is 2.75. The van der Waals surface area contributed by atoms with E-state index in [4.69, 9.17) is 0 Å². The third-order valence-electron chi connectivity index (χ3n) is 4.83. The Bertz CT molecular complexity index is 815. The molecule has 2 aromatic rings. The molecule has 7 nitrogen and oxygen atoms in total. The number of para-hydroxylation sites is 1. The van der Waals surface area contributed by atoms with E-state index in [1.165, 1.54) is 0 Å². The van der Waals surface area contributed by atoms with Crippen LogP contribution in [0.1, 0.15) is 37.0 Å². The summed E-state index contributed by atoms with van der Waals surface area (Å²) < 4.78 is 0. The molecule has 28 heavy (non-hydrogen) atoms. The van der Waals surface area contributed by atoms with E-state index in [1.807, 2.05) is 18.2 Å². The molecule has 0 heterocycles. The molecule has 0 saturated heterocycles. The predicted octanol–water partition coefficient (Wildman–Crippen LogP) is 3.95. The lowest BCUT2D eigenvalue weighted by molar-refractivity contribution is -0.149. The maximum absolute atomic E-state index is 12.3. The van der Waals surface area contributed by atoms with Gasteiger partial charge in [-0.3, -0.25) is 9.59 Å². The molecule has 0 aliphatic heterocycles. The summed E-state index contributed by atoms with van der Waals surface area (Å²) in [5, 5.41) is 17.5. The van der Waals surface area contributed by atoms with Gasteiger partial charge in [-0.15, -0.1) is 0 Å². The number of carboxylic acid groups (broad SMARTS) is 1. The highest BCUT2D eigenvalue weighted by Gasteiger charge is 2.35. The lowest BCUT2D eigenvalue weighted by Crippen LogP contribution is -2.42. The first-order valence-electron chi connectivity index (χ1n) is 9.15. The smallest absolute Gasteiger partial charge is 0.323 e. The molecule has 3 amide bonds. The summed E-state index contributed by atoms with van der Waals surface area (Å²) in [6, 6.07) is 15.0. The normalized spacial score (nSPS) is 10.8. The van der Waals surface area contributed by atoms with E-state index in [2.05, 4.69) is 16.0 Å². The van der Waals surface area contributed by atoms with Gasteiger partial charge < -0.3 is 21.1 Å². The van der Waals surface area contributed by atoms with Crippen molar-refractivity contribution in [3.8, 4) is 0 Å². The minimum atomic E-state index is -0.966. The molecule has 0 bridgehead atoms. The molecule has 0 radical (unpaired) electrons. The summed E-state index contributed by atoms with van der Waals surface area (Å²) in [5.74, 6) is -1.27. The molecule has 7 heteroatoms. The number of nitrogens with one attached hydrogen (secondary N) is 3. The quantitative estimate of drug-likeness (QED) is 0.553. The molecule has 148 valence electrons. The first kappa shape index (κ1) is 21.0. The van der Waals surface area contributed by atoms with Gasteiger partial charge >= 0.3 is 12.0 Å². The van der Waals surface area contributed by atoms with Gasteiger partial charge in [-0.05, 0) is 49.2 Å². The second kappa shape index (κ2) is 9.55. The van der Waals surface area contributed by atoms with Crippen molar-refractivity contribution in [2.75, 3.05) is 17.2 Å². The minimum absolute atomic E-state index is 0.0631. The molecule has 0 unspecified atom stereocenters. The van der Waals surface area contributed by atoms with Crippen molar-refractivity contribution >= 4 is 29.3 Å². The lowest BCUT2D eigenvalue weighted by Gasteiger charge is -2.26. The predicted molar refractivity (Wildman–Crippen MR) is 109 cm³/mol. The van der Waals surface area contributed by atoms with Crippen LogP contribution < -0.4 is 16.0 Å². The average molecular weight is 383 g/mol. The van der Waals surface area contributed by atoms with Crippen molar-refractivity contribution in [1.29, 1.82) is 0 Å². The van der Waals surface area contributed by atoms with Crippen molar-refractivity contribution in [3.05, 3.63) is 60.2 Å². The van der Waals surface area contributed by atoms with Crippen molar-refractivity contribution in [1.82, 2.24) is 5.32 Å². The third-order valence-corrected chi connectivity index (χ3v) is 4.83. The fraction of sp³-hybridized carbons (Fsp3) is 0.286. The summed E-state index contributed by atoms with van der Waals surface area (Å²) in [5.41, 5.74) is 0.629.